The molecule has 0 saturated carbocycles. The van der Waals surface area contributed by atoms with Crippen LogP contribution in [0.3, 0.4) is 0 Å². The molecule has 0 bridgehead atoms. The van der Waals surface area contributed by atoms with Gasteiger partial charge in [-0.25, -0.2) is 4.98 Å². The molecule has 0 amide bonds. The summed E-state index contributed by atoms with van der Waals surface area (Å²) in [4.78, 5) is 4.98. The smallest absolute Gasteiger partial charge is 0.355 e. The predicted octanol–water partition coefficient (Wildman–Crippen LogP) is 6.77. The quantitative estimate of drug-likeness (QED) is 0.361. The summed E-state index contributed by atoms with van der Waals surface area (Å²) >= 11 is 17.6. The maximum Gasteiger partial charge on any atom is 0.416 e. The van der Waals surface area contributed by atoms with Crippen LogP contribution in [0.5, 0.6) is 0 Å². The monoisotopic (exact) mass is 462 g/mol. The molecule has 1 saturated heterocycles. The molecule has 11 heteroatoms. The summed E-state index contributed by atoms with van der Waals surface area (Å²) in [7, 11) is 0. The van der Waals surface area contributed by atoms with Crippen molar-refractivity contribution < 1.29 is 26.3 Å². The molecule has 0 N–H and O–H groups in total. The van der Waals surface area contributed by atoms with Crippen molar-refractivity contribution in [3.63, 3.8) is 0 Å². The third kappa shape index (κ3) is 3.74. The number of nitrogens with zero attached hydrogens (tertiary/aromatic N) is 2. The highest BCUT2D eigenvalue weighted by atomic mass is 35.5. The number of aromatic nitrogens is 1. The maximum atomic E-state index is 14.1. The first-order chi connectivity index (χ1) is 12.8. The molecule has 0 spiro atoms. The summed E-state index contributed by atoms with van der Waals surface area (Å²) < 4.78 is 81.0. The van der Waals surface area contributed by atoms with Gasteiger partial charge in [0.05, 0.1) is 20.6 Å². The molecule has 2 heterocycles. The molecule has 1 aliphatic rings. The Labute approximate surface area is 171 Å². The number of hydrogen-bond acceptors (Lipinski definition) is 2. The van der Waals surface area contributed by atoms with E-state index in [1.165, 1.54) is 4.90 Å². The lowest BCUT2D eigenvalue weighted by Crippen LogP contribution is -2.45. The Morgan fingerprint density at radius 3 is 2.11 bits per heavy atom. The fourth-order valence-electron chi connectivity index (χ4n) is 3.24. The van der Waals surface area contributed by atoms with Crippen LogP contribution < -0.4 is 4.90 Å². The maximum absolute atomic E-state index is 14.1. The minimum Gasteiger partial charge on any atom is -0.355 e. The molecule has 1 unspecified atom stereocenters. The number of halogens is 9. The second-order valence-electron chi connectivity index (χ2n) is 6.41. The van der Waals surface area contributed by atoms with Gasteiger partial charge in [0.15, 0.2) is 0 Å². The molecule has 1 aliphatic heterocycles. The molecule has 1 aromatic carbocycles. The van der Waals surface area contributed by atoms with Crippen LogP contribution in [0, 0.1) is 0 Å². The second kappa shape index (κ2) is 7.15. The van der Waals surface area contributed by atoms with Gasteiger partial charge in [-0.1, -0.05) is 34.8 Å². The fourth-order valence-corrected chi connectivity index (χ4v) is 3.83. The van der Waals surface area contributed by atoms with Crippen molar-refractivity contribution in [1.82, 2.24) is 4.98 Å². The van der Waals surface area contributed by atoms with E-state index in [1.54, 1.807) is 0 Å². The van der Waals surface area contributed by atoms with E-state index in [0.29, 0.717) is 0 Å². The number of alkyl halides is 6. The van der Waals surface area contributed by atoms with Gasteiger partial charge in [0.1, 0.15) is 11.2 Å². The van der Waals surface area contributed by atoms with E-state index in [0.717, 1.165) is 30.5 Å². The Hall–Kier alpha value is -1.38. The van der Waals surface area contributed by atoms with Gasteiger partial charge in [-0.2, -0.15) is 26.3 Å². The van der Waals surface area contributed by atoms with Crippen LogP contribution in [0.25, 0.3) is 0 Å². The van der Waals surface area contributed by atoms with Crippen molar-refractivity contribution in [1.29, 1.82) is 0 Å². The number of benzene rings is 1. The first-order valence-corrected chi connectivity index (χ1v) is 8.98. The molecular weight excluding hydrogens is 453 g/mol. The molecule has 0 radical (unpaired) electrons. The molecule has 1 fully saturated rings. The van der Waals surface area contributed by atoms with Crippen molar-refractivity contribution in [2.45, 2.75) is 24.2 Å². The van der Waals surface area contributed by atoms with Crippen LogP contribution in [0.2, 0.25) is 15.1 Å². The molecule has 1 aromatic heterocycles. The number of pyridine rings is 1. The summed E-state index contributed by atoms with van der Waals surface area (Å²) in [6, 6.07) is 3.67. The summed E-state index contributed by atoms with van der Waals surface area (Å²) in [5, 5.41) is -0.342. The van der Waals surface area contributed by atoms with Gasteiger partial charge >= 0.3 is 12.4 Å². The van der Waals surface area contributed by atoms with Gasteiger partial charge in [-0.3, -0.25) is 0 Å². The first-order valence-electron chi connectivity index (χ1n) is 7.85. The predicted molar refractivity (Wildman–Crippen MR) is 95.3 cm³/mol. The van der Waals surface area contributed by atoms with E-state index in [1.807, 2.05) is 0 Å². The summed E-state index contributed by atoms with van der Waals surface area (Å²) in [6.07, 6.45) is -8.82. The van der Waals surface area contributed by atoms with Gasteiger partial charge in [0, 0.05) is 19.3 Å². The van der Waals surface area contributed by atoms with Crippen LogP contribution in [0.1, 0.15) is 17.5 Å². The van der Waals surface area contributed by atoms with E-state index in [2.05, 4.69) is 4.98 Å². The van der Waals surface area contributed by atoms with Gasteiger partial charge < -0.3 is 4.90 Å². The Balaban J connectivity index is 2.03. The highest BCUT2D eigenvalue weighted by Crippen LogP contribution is 2.50. The van der Waals surface area contributed by atoms with E-state index < -0.39 is 36.3 Å². The standard InChI is InChI=1S/C17H11Cl3F6N2/c18-11-5-10(6-12(19)14(11)20)15(17(24,25)26)2-4-28(8-15)13-7-9(1-3-27-13)16(21,22)23/h1,3,5-7H,2,4,8H2. The lowest BCUT2D eigenvalue weighted by Gasteiger charge is -2.33. The molecular formula is C17H11Cl3F6N2. The Bertz CT molecular complexity index is 876. The largest absolute Gasteiger partial charge is 0.416 e. The Morgan fingerprint density at radius 1 is 0.964 bits per heavy atom. The highest BCUT2D eigenvalue weighted by Gasteiger charge is 2.59. The van der Waals surface area contributed by atoms with Crippen molar-refractivity contribution in [3.8, 4) is 0 Å². The van der Waals surface area contributed by atoms with Crippen molar-refractivity contribution >= 4 is 40.6 Å². The zero-order valence-corrected chi connectivity index (χ0v) is 16.1. The molecule has 1 atom stereocenters. The summed E-state index contributed by atoms with van der Waals surface area (Å²) in [5.41, 5.74) is -3.56. The third-order valence-corrected chi connectivity index (χ3v) is 5.94. The summed E-state index contributed by atoms with van der Waals surface area (Å²) in [5.74, 6) is -0.188. The lowest BCUT2D eigenvalue weighted by atomic mass is 9.79. The van der Waals surface area contributed by atoms with E-state index in [4.69, 9.17) is 34.8 Å². The van der Waals surface area contributed by atoms with Crippen molar-refractivity contribution in [2.75, 3.05) is 18.0 Å². The molecule has 3 rings (SSSR count). The van der Waals surface area contributed by atoms with Crippen LogP contribution >= 0.6 is 34.8 Å². The number of hydrogen-bond donors (Lipinski definition) is 0. The van der Waals surface area contributed by atoms with E-state index in [9.17, 15) is 26.3 Å². The van der Waals surface area contributed by atoms with Crippen LogP contribution in [0.4, 0.5) is 32.2 Å². The van der Waals surface area contributed by atoms with Gasteiger partial charge in [0.2, 0.25) is 0 Å². The Morgan fingerprint density at radius 2 is 1.57 bits per heavy atom. The molecule has 0 aliphatic carbocycles. The average molecular weight is 464 g/mol. The Kier molecular flexibility index (Phi) is 5.44. The first kappa shape index (κ1) is 21.3. The normalized spacial score (nSPS) is 20.7. The third-order valence-electron chi connectivity index (χ3n) is 4.75. The minimum atomic E-state index is -4.70. The summed E-state index contributed by atoms with van der Waals surface area (Å²) in [6.45, 7) is -0.773. The minimum absolute atomic E-state index is 0.0706. The van der Waals surface area contributed by atoms with Crippen molar-refractivity contribution in [2.24, 2.45) is 0 Å². The SMILES string of the molecule is FC(F)(F)c1ccnc(N2CCC(c3cc(Cl)c(Cl)c(Cl)c3)(C(F)(F)F)C2)c1. The van der Waals surface area contributed by atoms with Gasteiger partial charge in [-0.05, 0) is 36.2 Å². The average Bonchev–Trinajstić information content (AvgIpc) is 3.05. The second-order valence-corrected chi connectivity index (χ2v) is 7.60. The van der Waals surface area contributed by atoms with Gasteiger partial charge in [-0.15, -0.1) is 0 Å². The van der Waals surface area contributed by atoms with Crippen LogP contribution in [-0.4, -0.2) is 24.2 Å². The number of rotatable bonds is 2. The molecule has 28 heavy (non-hydrogen) atoms. The number of anilines is 1. The van der Waals surface area contributed by atoms with Gasteiger partial charge in [0.25, 0.3) is 0 Å². The van der Waals surface area contributed by atoms with Crippen LogP contribution in [-0.2, 0) is 11.6 Å². The van der Waals surface area contributed by atoms with E-state index >= 15 is 0 Å². The molecule has 2 nitrogen and oxygen atoms in total. The van der Waals surface area contributed by atoms with E-state index in [-0.39, 0.29) is 33.0 Å². The van der Waals surface area contributed by atoms with Crippen LogP contribution in [0.15, 0.2) is 30.5 Å². The lowest BCUT2D eigenvalue weighted by molar-refractivity contribution is -0.184. The zero-order chi connectivity index (χ0) is 20.9. The zero-order valence-electron chi connectivity index (χ0n) is 13.8. The fraction of sp³-hybridized carbons (Fsp3) is 0.353. The molecule has 152 valence electrons. The van der Waals surface area contributed by atoms with Crippen molar-refractivity contribution in [3.05, 3.63) is 56.7 Å². The topological polar surface area (TPSA) is 16.1 Å². The molecule has 2 aromatic rings. The highest BCUT2D eigenvalue weighted by molar-refractivity contribution is 6.48.